The SMILES string of the molecule is Cc1cc(C)n2c3c(c(C#N)c2[nH+]1)CCCC3. The third-order valence-corrected chi connectivity index (χ3v) is 3.68. The van der Waals surface area contributed by atoms with E-state index in [0.29, 0.717) is 0 Å². The van der Waals surface area contributed by atoms with Crippen LogP contribution in [0.1, 0.15) is 41.1 Å². The smallest absolute Gasteiger partial charge is 0.243 e. The molecule has 2 heterocycles. The van der Waals surface area contributed by atoms with Gasteiger partial charge < -0.3 is 0 Å². The third kappa shape index (κ3) is 1.37. The molecule has 1 aliphatic rings. The first-order valence-corrected chi connectivity index (χ1v) is 6.18. The second-order valence-corrected chi connectivity index (χ2v) is 4.90. The van der Waals surface area contributed by atoms with E-state index in [1.807, 2.05) is 6.92 Å². The van der Waals surface area contributed by atoms with E-state index in [4.69, 9.17) is 0 Å². The molecule has 3 rings (SSSR count). The average Bonchev–Trinajstić information content (AvgIpc) is 2.62. The Hall–Kier alpha value is -1.82. The van der Waals surface area contributed by atoms with Crippen LogP contribution in [0.25, 0.3) is 5.65 Å². The highest BCUT2D eigenvalue weighted by atomic mass is 15.0. The summed E-state index contributed by atoms with van der Waals surface area (Å²) < 4.78 is 2.24. The Bertz CT molecular complexity index is 644. The van der Waals surface area contributed by atoms with Gasteiger partial charge in [0.1, 0.15) is 28.7 Å². The lowest BCUT2D eigenvalue weighted by molar-refractivity contribution is -0.360. The summed E-state index contributed by atoms with van der Waals surface area (Å²) in [7, 11) is 0. The average molecular weight is 226 g/mol. The van der Waals surface area contributed by atoms with Crippen LogP contribution < -0.4 is 4.98 Å². The lowest BCUT2D eigenvalue weighted by Gasteiger charge is -2.09. The van der Waals surface area contributed by atoms with Gasteiger partial charge >= 0.3 is 5.65 Å². The van der Waals surface area contributed by atoms with E-state index in [1.54, 1.807) is 0 Å². The lowest BCUT2D eigenvalue weighted by atomic mass is 9.95. The second kappa shape index (κ2) is 3.59. The first-order chi connectivity index (χ1) is 8.22. The zero-order chi connectivity index (χ0) is 12.0. The van der Waals surface area contributed by atoms with Gasteiger partial charge in [-0.05, 0) is 33.1 Å². The van der Waals surface area contributed by atoms with Crippen LogP contribution in [0.4, 0.5) is 0 Å². The number of nitriles is 1. The number of rotatable bonds is 0. The number of nitrogens with zero attached hydrogens (tertiary/aromatic N) is 2. The summed E-state index contributed by atoms with van der Waals surface area (Å²) in [4.78, 5) is 3.35. The Balaban J connectivity index is 2.48. The fraction of sp³-hybridized carbons (Fsp3) is 0.429. The van der Waals surface area contributed by atoms with E-state index >= 15 is 0 Å². The van der Waals surface area contributed by atoms with Crippen LogP contribution in [0.3, 0.4) is 0 Å². The molecule has 0 unspecified atom stereocenters. The molecule has 2 aromatic heterocycles. The summed E-state index contributed by atoms with van der Waals surface area (Å²) in [5.41, 5.74) is 6.78. The van der Waals surface area contributed by atoms with E-state index in [-0.39, 0.29) is 0 Å². The van der Waals surface area contributed by atoms with Gasteiger partial charge in [-0.3, -0.25) is 0 Å². The molecular weight excluding hydrogens is 210 g/mol. The molecule has 1 aliphatic carbocycles. The molecule has 0 radical (unpaired) electrons. The summed E-state index contributed by atoms with van der Waals surface area (Å²) in [6.07, 6.45) is 4.58. The largest absolute Gasteiger partial charge is 0.302 e. The van der Waals surface area contributed by atoms with Crippen LogP contribution >= 0.6 is 0 Å². The Labute approximate surface area is 101 Å². The Morgan fingerprint density at radius 1 is 1.29 bits per heavy atom. The van der Waals surface area contributed by atoms with Crippen LogP contribution in [-0.4, -0.2) is 4.40 Å². The fourth-order valence-electron chi connectivity index (χ4n) is 3.02. The highest BCUT2D eigenvalue weighted by Crippen LogP contribution is 2.29. The maximum absolute atomic E-state index is 9.38. The number of aromatic amines is 1. The molecule has 17 heavy (non-hydrogen) atoms. The van der Waals surface area contributed by atoms with E-state index in [2.05, 4.69) is 28.4 Å². The number of hydrogen-bond donors (Lipinski definition) is 0. The Morgan fingerprint density at radius 2 is 2.06 bits per heavy atom. The number of aromatic nitrogens is 2. The minimum absolute atomic E-state index is 0.853. The van der Waals surface area contributed by atoms with Crippen molar-refractivity contribution < 1.29 is 4.98 Å². The molecule has 0 bridgehead atoms. The van der Waals surface area contributed by atoms with Crippen molar-refractivity contribution in [1.82, 2.24) is 4.40 Å². The van der Waals surface area contributed by atoms with Crippen molar-refractivity contribution in [3.8, 4) is 6.07 Å². The Morgan fingerprint density at radius 3 is 2.82 bits per heavy atom. The summed E-state index contributed by atoms with van der Waals surface area (Å²) in [5.74, 6) is 0. The van der Waals surface area contributed by atoms with Gasteiger partial charge in [-0.15, -0.1) is 0 Å². The van der Waals surface area contributed by atoms with Crippen LogP contribution in [0.5, 0.6) is 0 Å². The topological polar surface area (TPSA) is 42.3 Å². The van der Waals surface area contributed by atoms with Crippen molar-refractivity contribution in [3.63, 3.8) is 0 Å². The molecule has 3 heteroatoms. The third-order valence-electron chi connectivity index (χ3n) is 3.68. The monoisotopic (exact) mass is 226 g/mol. The van der Waals surface area contributed by atoms with Gasteiger partial charge in [-0.25, -0.2) is 4.98 Å². The van der Waals surface area contributed by atoms with Crippen molar-refractivity contribution in [3.05, 3.63) is 34.3 Å². The molecule has 0 fully saturated rings. The molecule has 86 valence electrons. The quantitative estimate of drug-likeness (QED) is 0.678. The summed E-state index contributed by atoms with van der Waals surface area (Å²) in [6, 6.07) is 4.52. The maximum atomic E-state index is 9.38. The van der Waals surface area contributed by atoms with Crippen molar-refractivity contribution in [2.45, 2.75) is 39.5 Å². The zero-order valence-electron chi connectivity index (χ0n) is 10.3. The number of nitrogens with one attached hydrogen (secondary N) is 1. The minimum atomic E-state index is 0.853. The molecule has 0 atom stereocenters. The molecule has 0 saturated carbocycles. The van der Waals surface area contributed by atoms with Crippen LogP contribution in [0.15, 0.2) is 6.07 Å². The molecule has 0 aromatic carbocycles. The van der Waals surface area contributed by atoms with Crippen molar-refractivity contribution in [1.29, 1.82) is 5.26 Å². The van der Waals surface area contributed by atoms with Gasteiger partial charge in [-0.2, -0.15) is 9.66 Å². The number of hydrogen-bond acceptors (Lipinski definition) is 1. The van der Waals surface area contributed by atoms with Gasteiger partial charge in [0, 0.05) is 18.1 Å². The predicted octanol–water partition coefficient (Wildman–Crippen LogP) is 2.12. The summed E-state index contributed by atoms with van der Waals surface area (Å²) >= 11 is 0. The van der Waals surface area contributed by atoms with Gasteiger partial charge in [0.25, 0.3) is 0 Å². The van der Waals surface area contributed by atoms with Gasteiger partial charge in [0.05, 0.1) is 0 Å². The highest BCUT2D eigenvalue weighted by molar-refractivity contribution is 5.61. The minimum Gasteiger partial charge on any atom is -0.243 e. The normalized spacial score (nSPS) is 14.6. The molecule has 1 N–H and O–H groups in total. The first kappa shape index (κ1) is 10.3. The predicted molar refractivity (Wildman–Crippen MR) is 64.8 cm³/mol. The van der Waals surface area contributed by atoms with E-state index in [1.165, 1.54) is 29.8 Å². The Kier molecular flexibility index (Phi) is 2.19. The first-order valence-electron chi connectivity index (χ1n) is 6.18. The van der Waals surface area contributed by atoms with Gasteiger partial charge in [0.15, 0.2) is 0 Å². The van der Waals surface area contributed by atoms with Crippen molar-refractivity contribution in [2.75, 3.05) is 0 Å². The standard InChI is InChI=1S/C14H15N3/c1-9-7-10(2)17-13-6-4-3-5-11(13)12(8-15)14(17)16-9/h7H,3-6H2,1-2H3/p+1. The maximum Gasteiger partial charge on any atom is 0.302 e. The zero-order valence-corrected chi connectivity index (χ0v) is 10.3. The molecule has 3 nitrogen and oxygen atoms in total. The van der Waals surface area contributed by atoms with Gasteiger partial charge in [-0.1, -0.05) is 0 Å². The molecule has 0 spiro atoms. The van der Waals surface area contributed by atoms with Crippen LogP contribution in [0.2, 0.25) is 0 Å². The van der Waals surface area contributed by atoms with Gasteiger partial charge in [0.2, 0.25) is 0 Å². The molecular formula is C14H16N3+. The number of H-pyrrole nitrogens is 1. The van der Waals surface area contributed by atoms with Crippen LogP contribution in [0, 0.1) is 25.2 Å². The van der Waals surface area contributed by atoms with Crippen LogP contribution in [-0.2, 0) is 12.8 Å². The second-order valence-electron chi connectivity index (χ2n) is 4.90. The van der Waals surface area contributed by atoms with E-state index in [9.17, 15) is 5.26 Å². The molecule has 0 aliphatic heterocycles. The number of fused-ring (bicyclic) bond motifs is 3. The highest BCUT2D eigenvalue weighted by Gasteiger charge is 2.28. The fourth-order valence-corrected chi connectivity index (χ4v) is 3.02. The summed E-state index contributed by atoms with van der Waals surface area (Å²) in [6.45, 7) is 4.16. The summed E-state index contributed by atoms with van der Waals surface area (Å²) in [5, 5.41) is 9.38. The van der Waals surface area contributed by atoms with Crippen molar-refractivity contribution in [2.24, 2.45) is 0 Å². The molecule has 0 amide bonds. The van der Waals surface area contributed by atoms with E-state index in [0.717, 1.165) is 29.7 Å². The number of aryl methyl sites for hydroxylation is 3. The van der Waals surface area contributed by atoms with Crippen molar-refractivity contribution >= 4 is 5.65 Å². The lowest BCUT2D eigenvalue weighted by Crippen LogP contribution is -2.15. The van der Waals surface area contributed by atoms with E-state index < -0.39 is 0 Å². The molecule has 0 saturated heterocycles. The molecule has 2 aromatic rings.